The highest BCUT2D eigenvalue weighted by atomic mass is 32.3. The fourth-order valence-electron chi connectivity index (χ4n) is 0.865. The Labute approximate surface area is 82.5 Å². The summed E-state index contributed by atoms with van der Waals surface area (Å²) in [6.07, 6.45) is 0. The summed E-state index contributed by atoms with van der Waals surface area (Å²) in [6, 6.07) is 0. The number of nitrogens with zero attached hydrogens (tertiary/aromatic N) is 1. The van der Waals surface area contributed by atoms with Gasteiger partial charge < -0.3 is 0 Å². The molecule has 0 aromatic heterocycles. The number of hydrogen-bond acceptors (Lipinski definition) is 5. The highest BCUT2D eigenvalue weighted by Gasteiger charge is 2.45. The van der Waals surface area contributed by atoms with Crippen LogP contribution in [0.1, 0.15) is 13.8 Å². The van der Waals surface area contributed by atoms with Gasteiger partial charge in [0.15, 0.2) is 0 Å². The van der Waals surface area contributed by atoms with Crippen LogP contribution in [0.25, 0.3) is 0 Å². The molecule has 8 nitrogen and oxygen atoms in total. The van der Waals surface area contributed by atoms with Gasteiger partial charge in [0, 0.05) is 0 Å². The lowest BCUT2D eigenvalue weighted by atomic mass is 10.6. The van der Waals surface area contributed by atoms with Gasteiger partial charge in [-0.2, -0.15) is 8.42 Å². The molecule has 0 saturated carbocycles. The lowest BCUT2D eigenvalue weighted by Gasteiger charge is -2.25. The van der Waals surface area contributed by atoms with Gasteiger partial charge in [-0.05, 0) is 22.2 Å². The smallest absolute Gasteiger partial charge is 0.260 e. The number of hydroxylamine groups is 2. The molecular formula is C4H12NO7S2+. The Morgan fingerprint density at radius 2 is 1.43 bits per heavy atom. The van der Waals surface area contributed by atoms with Crippen LogP contribution in [0.4, 0.5) is 0 Å². The van der Waals surface area contributed by atoms with Crippen molar-refractivity contribution in [3.63, 3.8) is 0 Å². The van der Waals surface area contributed by atoms with Gasteiger partial charge in [0.25, 0.3) is 0 Å². The summed E-state index contributed by atoms with van der Waals surface area (Å²) in [5.41, 5.74) is 0. The Bertz CT molecular complexity index is 378. The minimum absolute atomic E-state index is 0.366. The molecule has 0 amide bonds. The van der Waals surface area contributed by atoms with Crippen molar-refractivity contribution in [2.45, 2.75) is 13.8 Å². The summed E-state index contributed by atoms with van der Waals surface area (Å²) in [6.45, 7) is 1.83. The fourth-order valence-corrected chi connectivity index (χ4v) is 2.61. The second kappa shape index (κ2) is 4.08. The standard InChI is InChI=1S/C4H11NO7S2/c1-3-5(4-2,13(6,7)8)12-14(9,10)11/h3-4H2,1-2H3,(H-,6,7,8,9,10,11)/p+1. The van der Waals surface area contributed by atoms with Crippen LogP contribution in [0.3, 0.4) is 0 Å². The molecule has 0 aliphatic heterocycles. The molecule has 0 fully saturated rings. The molecule has 0 aromatic carbocycles. The SMILES string of the molecule is CC[N+](CC)(OS(=O)(=O)O)S(=O)(=O)O. The van der Waals surface area contributed by atoms with Crippen LogP contribution < -0.4 is 0 Å². The highest BCUT2D eigenvalue weighted by Crippen LogP contribution is 2.16. The van der Waals surface area contributed by atoms with Crippen molar-refractivity contribution in [2.75, 3.05) is 13.1 Å². The van der Waals surface area contributed by atoms with Crippen LogP contribution in [0.2, 0.25) is 0 Å². The third kappa shape index (κ3) is 3.15. The van der Waals surface area contributed by atoms with Crippen molar-refractivity contribution in [1.29, 1.82) is 0 Å². The Balaban J connectivity index is 5.33. The van der Waals surface area contributed by atoms with Crippen LogP contribution in [0.5, 0.6) is 0 Å². The van der Waals surface area contributed by atoms with E-state index in [-0.39, 0.29) is 13.1 Å². The van der Waals surface area contributed by atoms with Crippen molar-refractivity contribution in [3.8, 4) is 0 Å². The van der Waals surface area contributed by atoms with Crippen LogP contribution in [-0.4, -0.2) is 43.1 Å². The summed E-state index contributed by atoms with van der Waals surface area (Å²) in [4.78, 5) is 0. The first-order chi connectivity index (χ1) is 6.08. The zero-order chi connectivity index (χ0) is 11.6. The maximum atomic E-state index is 10.8. The van der Waals surface area contributed by atoms with Gasteiger partial charge >= 0.3 is 20.7 Å². The van der Waals surface area contributed by atoms with Crippen LogP contribution in [0, 0.1) is 0 Å². The largest absolute Gasteiger partial charge is 0.465 e. The monoisotopic (exact) mass is 250 g/mol. The second-order valence-corrected chi connectivity index (χ2v) is 4.96. The van der Waals surface area contributed by atoms with E-state index in [2.05, 4.69) is 4.28 Å². The van der Waals surface area contributed by atoms with Crippen LogP contribution >= 0.6 is 0 Å². The molecule has 0 aliphatic carbocycles. The normalized spacial score (nSPS) is 14.3. The molecule has 0 unspecified atom stereocenters. The Morgan fingerprint density at radius 3 is 1.50 bits per heavy atom. The van der Waals surface area contributed by atoms with Gasteiger partial charge in [-0.3, -0.25) is 4.55 Å². The third-order valence-electron chi connectivity index (χ3n) is 1.61. The summed E-state index contributed by atoms with van der Waals surface area (Å²) in [5.74, 6) is 0. The molecule has 0 aromatic rings. The molecule has 0 aliphatic rings. The average molecular weight is 250 g/mol. The van der Waals surface area contributed by atoms with Crippen molar-refractivity contribution < 1.29 is 34.3 Å². The molecule has 14 heavy (non-hydrogen) atoms. The van der Waals surface area contributed by atoms with Crippen molar-refractivity contribution in [3.05, 3.63) is 0 Å². The molecule has 10 heteroatoms. The van der Waals surface area contributed by atoms with E-state index < -0.39 is 24.8 Å². The molecule has 0 radical (unpaired) electrons. The number of quaternary nitrogens is 1. The number of hydrogen-bond donors (Lipinski definition) is 2. The second-order valence-electron chi connectivity index (χ2n) is 2.40. The van der Waals surface area contributed by atoms with E-state index in [0.29, 0.717) is 0 Å². The van der Waals surface area contributed by atoms with Gasteiger partial charge in [0.05, 0.1) is 0 Å². The van der Waals surface area contributed by atoms with Gasteiger partial charge in [0.1, 0.15) is 13.1 Å². The summed E-state index contributed by atoms with van der Waals surface area (Å²) < 4.78 is 61.7. The summed E-state index contributed by atoms with van der Waals surface area (Å²) in [7, 11) is -9.74. The molecule has 86 valence electrons. The maximum Gasteiger partial charge on any atom is 0.465 e. The summed E-state index contributed by atoms with van der Waals surface area (Å²) in [5, 5.41) is 0. The summed E-state index contributed by atoms with van der Waals surface area (Å²) >= 11 is 0. The first kappa shape index (κ1) is 13.7. The molecular weight excluding hydrogens is 238 g/mol. The van der Waals surface area contributed by atoms with E-state index >= 15 is 0 Å². The maximum absolute atomic E-state index is 10.8. The highest BCUT2D eigenvalue weighted by molar-refractivity contribution is 7.82. The Hall–Kier alpha value is -0.260. The van der Waals surface area contributed by atoms with Crippen LogP contribution in [0.15, 0.2) is 0 Å². The Kier molecular flexibility index (Phi) is 4.01. The molecule has 0 bridgehead atoms. The molecule has 2 N–H and O–H groups in total. The van der Waals surface area contributed by atoms with E-state index in [9.17, 15) is 16.8 Å². The zero-order valence-electron chi connectivity index (χ0n) is 7.61. The van der Waals surface area contributed by atoms with Gasteiger partial charge in [-0.25, -0.2) is 4.55 Å². The molecule has 0 saturated heterocycles. The van der Waals surface area contributed by atoms with Crippen molar-refractivity contribution in [2.24, 2.45) is 0 Å². The molecule has 0 heterocycles. The van der Waals surface area contributed by atoms with E-state index in [4.69, 9.17) is 9.11 Å². The predicted octanol–water partition coefficient (Wildman–Crippen LogP) is -0.620. The first-order valence-corrected chi connectivity index (χ1v) is 6.37. The topological polar surface area (TPSA) is 118 Å². The number of rotatable bonds is 5. The third-order valence-corrected chi connectivity index (χ3v) is 3.61. The van der Waals surface area contributed by atoms with Gasteiger partial charge in [0.2, 0.25) is 0 Å². The van der Waals surface area contributed by atoms with Crippen molar-refractivity contribution >= 4 is 20.7 Å². The quantitative estimate of drug-likeness (QED) is 0.379. The van der Waals surface area contributed by atoms with Crippen LogP contribution in [-0.2, 0) is 25.0 Å². The minimum Gasteiger partial charge on any atom is -0.260 e. The fraction of sp³-hybridized carbons (Fsp3) is 1.00. The molecule has 0 rings (SSSR count). The van der Waals surface area contributed by atoms with E-state index in [1.54, 1.807) is 0 Å². The van der Waals surface area contributed by atoms with Gasteiger partial charge in [-0.15, -0.1) is 8.42 Å². The lowest BCUT2D eigenvalue weighted by Crippen LogP contribution is -2.52. The van der Waals surface area contributed by atoms with E-state index in [1.807, 2.05) is 0 Å². The molecule has 0 atom stereocenters. The average Bonchev–Trinajstić information content (AvgIpc) is 1.96. The lowest BCUT2D eigenvalue weighted by molar-refractivity contribution is -0.978. The predicted molar refractivity (Wildman–Crippen MR) is 45.5 cm³/mol. The van der Waals surface area contributed by atoms with E-state index in [0.717, 1.165) is 0 Å². The van der Waals surface area contributed by atoms with E-state index in [1.165, 1.54) is 13.8 Å². The Morgan fingerprint density at radius 1 is 1.07 bits per heavy atom. The first-order valence-electron chi connectivity index (χ1n) is 3.61. The minimum atomic E-state index is -4.96. The van der Waals surface area contributed by atoms with Gasteiger partial charge in [-0.1, -0.05) is 0 Å². The zero-order valence-corrected chi connectivity index (χ0v) is 9.25. The van der Waals surface area contributed by atoms with Crippen molar-refractivity contribution in [1.82, 2.24) is 0 Å². The molecule has 0 spiro atoms.